The summed E-state index contributed by atoms with van der Waals surface area (Å²) in [5.41, 5.74) is 0.682. The van der Waals surface area contributed by atoms with Crippen LogP contribution in [0.1, 0.15) is 12.0 Å². The first kappa shape index (κ1) is 20.1. The Morgan fingerprint density at radius 2 is 2.10 bits per heavy atom. The van der Waals surface area contributed by atoms with Crippen molar-refractivity contribution < 1.29 is 18.4 Å². The van der Waals surface area contributed by atoms with Gasteiger partial charge >= 0.3 is 0 Å². The summed E-state index contributed by atoms with van der Waals surface area (Å²) in [6.07, 6.45) is 1.47. The molecular weight excluding hydrogens is 414 g/mol. The molecule has 1 unspecified atom stereocenters. The van der Waals surface area contributed by atoms with Gasteiger partial charge in [0.15, 0.2) is 0 Å². The molecule has 2 amide bonds. The predicted molar refractivity (Wildman–Crippen MR) is 107 cm³/mol. The van der Waals surface area contributed by atoms with Crippen LogP contribution in [-0.2, 0) is 22.7 Å². The zero-order chi connectivity index (χ0) is 21.3. The Labute approximate surface area is 173 Å². The minimum absolute atomic E-state index is 0.0172. The number of carbonyl (C=O) groups is 2. The Morgan fingerprint density at radius 3 is 2.90 bits per heavy atom. The average Bonchev–Trinajstić information content (AvgIpc) is 3.33. The van der Waals surface area contributed by atoms with Crippen LogP contribution in [0.25, 0.3) is 10.2 Å². The molecule has 1 aromatic carbocycles. The number of thiophene rings is 1. The number of aromatic nitrogens is 2. The smallest absolute Gasteiger partial charge is 0.271 e. The predicted octanol–water partition coefficient (Wildman–Crippen LogP) is 1.90. The molecule has 156 valence electrons. The molecule has 1 aliphatic rings. The maximum Gasteiger partial charge on any atom is 0.271 e. The highest BCUT2D eigenvalue weighted by molar-refractivity contribution is 7.17. The Balaban J connectivity index is 1.32. The summed E-state index contributed by atoms with van der Waals surface area (Å²) >= 11 is 1.32. The van der Waals surface area contributed by atoms with Gasteiger partial charge in [-0.2, -0.15) is 0 Å². The van der Waals surface area contributed by atoms with Gasteiger partial charge < -0.3 is 10.2 Å². The molecular formula is C20H18F2N4O3S. The zero-order valence-electron chi connectivity index (χ0n) is 15.8. The Morgan fingerprint density at radius 1 is 1.27 bits per heavy atom. The number of benzene rings is 1. The molecule has 1 saturated heterocycles. The van der Waals surface area contributed by atoms with Crippen molar-refractivity contribution in [3.8, 4) is 0 Å². The average molecular weight is 432 g/mol. The van der Waals surface area contributed by atoms with E-state index in [1.807, 2.05) is 0 Å². The van der Waals surface area contributed by atoms with E-state index in [9.17, 15) is 23.2 Å². The van der Waals surface area contributed by atoms with Crippen LogP contribution >= 0.6 is 11.3 Å². The van der Waals surface area contributed by atoms with Crippen molar-refractivity contribution in [3.05, 3.63) is 63.5 Å². The van der Waals surface area contributed by atoms with Gasteiger partial charge in [-0.3, -0.25) is 19.0 Å². The fourth-order valence-electron chi connectivity index (χ4n) is 3.44. The van der Waals surface area contributed by atoms with Crippen LogP contribution in [0.5, 0.6) is 0 Å². The van der Waals surface area contributed by atoms with Gasteiger partial charge in [0.2, 0.25) is 11.8 Å². The largest absolute Gasteiger partial charge is 0.354 e. The lowest BCUT2D eigenvalue weighted by Gasteiger charge is -2.17. The lowest BCUT2D eigenvalue weighted by molar-refractivity contribution is -0.129. The van der Waals surface area contributed by atoms with Gasteiger partial charge in [-0.1, -0.05) is 6.07 Å². The van der Waals surface area contributed by atoms with Gasteiger partial charge in [-0.05, 0) is 17.5 Å². The van der Waals surface area contributed by atoms with Gasteiger partial charge in [0.25, 0.3) is 5.56 Å². The Kier molecular flexibility index (Phi) is 5.58. The van der Waals surface area contributed by atoms with Gasteiger partial charge in [-0.25, -0.2) is 13.8 Å². The van der Waals surface area contributed by atoms with Crippen molar-refractivity contribution in [1.82, 2.24) is 19.8 Å². The van der Waals surface area contributed by atoms with Gasteiger partial charge in [-0.15, -0.1) is 11.3 Å². The molecule has 3 aromatic rings. The highest BCUT2D eigenvalue weighted by atomic mass is 32.1. The standard InChI is InChI=1S/C20H18F2N4O3S/c21-14-2-1-12(15(22)8-14)9-26-10-13(7-17(26)27)19(28)23-4-5-25-11-24-16-3-6-30-18(16)20(25)29/h1-3,6,8,11,13H,4-5,7,9-10H2,(H,23,28). The first-order valence-electron chi connectivity index (χ1n) is 9.34. The maximum atomic E-state index is 13.8. The maximum absolute atomic E-state index is 13.8. The molecule has 1 N–H and O–H groups in total. The van der Waals surface area contributed by atoms with Crippen LogP contribution in [0, 0.1) is 17.6 Å². The Hall–Kier alpha value is -3.14. The van der Waals surface area contributed by atoms with E-state index in [0.29, 0.717) is 10.2 Å². The molecule has 1 atom stereocenters. The number of amides is 2. The molecule has 30 heavy (non-hydrogen) atoms. The number of rotatable bonds is 6. The SMILES string of the molecule is O=C(NCCn1cnc2ccsc2c1=O)C1CC(=O)N(Cc2ccc(F)cc2F)C1. The molecule has 0 saturated carbocycles. The van der Waals surface area contributed by atoms with Crippen LogP contribution in [0.3, 0.4) is 0 Å². The van der Waals surface area contributed by atoms with Gasteiger partial charge in [0.05, 0.1) is 17.8 Å². The number of nitrogens with zero attached hydrogens (tertiary/aromatic N) is 3. The number of nitrogens with one attached hydrogen (secondary N) is 1. The molecule has 1 fully saturated rings. The second-order valence-corrected chi connectivity index (χ2v) is 8.00. The molecule has 4 rings (SSSR count). The van der Waals surface area contributed by atoms with Crippen molar-refractivity contribution in [3.63, 3.8) is 0 Å². The normalized spacial score (nSPS) is 16.4. The Bertz CT molecular complexity index is 1180. The second kappa shape index (κ2) is 8.31. The molecule has 0 spiro atoms. The summed E-state index contributed by atoms with van der Waals surface area (Å²) < 4.78 is 28.9. The molecule has 0 bridgehead atoms. The first-order chi connectivity index (χ1) is 14.4. The van der Waals surface area contributed by atoms with E-state index in [4.69, 9.17) is 0 Å². The van der Waals surface area contributed by atoms with E-state index in [1.54, 1.807) is 11.4 Å². The highest BCUT2D eigenvalue weighted by Crippen LogP contribution is 2.22. The summed E-state index contributed by atoms with van der Waals surface area (Å²) in [4.78, 5) is 42.6. The quantitative estimate of drug-likeness (QED) is 0.645. The third kappa shape index (κ3) is 4.09. The summed E-state index contributed by atoms with van der Waals surface area (Å²) in [6.45, 7) is 0.617. The molecule has 10 heteroatoms. The number of carbonyl (C=O) groups excluding carboxylic acids is 2. The minimum Gasteiger partial charge on any atom is -0.354 e. The minimum atomic E-state index is -0.725. The summed E-state index contributed by atoms with van der Waals surface area (Å²) in [5.74, 6) is -2.53. The number of likely N-dealkylation sites (tertiary alicyclic amines) is 1. The van der Waals surface area contributed by atoms with Crippen LogP contribution in [0.15, 0.2) is 40.8 Å². The monoisotopic (exact) mass is 432 g/mol. The van der Waals surface area contributed by atoms with Crippen LogP contribution in [0.4, 0.5) is 8.78 Å². The van der Waals surface area contributed by atoms with Crippen LogP contribution in [-0.4, -0.2) is 39.4 Å². The lowest BCUT2D eigenvalue weighted by atomic mass is 10.1. The van der Waals surface area contributed by atoms with E-state index in [-0.39, 0.29) is 55.5 Å². The van der Waals surface area contributed by atoms with E-state index >= 15 is 0 Å². The summed E-state index contributed by atoms with van der Waals surface area (Å²) in [7, 11) is 0. The van der Waals surface area contributed by atoms with Gasteiger partial charge in [0.1, 0.15) is 16.3 Å². The van der Waals surface area contributed by atoms with E-state index in [1.165, 1.54) is 33.2 Å². The third-order valence-electron chi connectivity index (χ3n) is 5.05. The molecule has 0 aliphatic carbocycles. The fraction of sp³-hybridized carbons (Fsp3) is 0.300. The summed E-state index contributed by atoms with van der Waals surface area (Å²) in [5, 5.41) is 4.54. The highest BCUT2D eigenvalue weighted by Gasteiger charge is 2.34. The van der Waals surface area contributed by atoms with E-state index in [0.717, 1.165) is 12.1 Å². The molecule has 3 heterocycles. The molecule has 2 aromatic heterocycles. The number of halogens is 2. The van der Waals surface area contributed by atoms with Gasteiger partial charge in [0, 0.05) is 44.2 Å². The fourth-order valence-corrected chi connectivity index (χ4v) is 4.23. The van der Waals surface area contributed by atoms with Crippen LogP contribution in [0.2, 0.25) is 0 Å². The number of fused-ring (bicyclic) bond motifs is 1. The van der Waals surface area contributed by atoms with Crippen molar-refractivity contribution in [2.24, 2.45) is 5.92 Å². The van der Waals surface area contributed by atoms with Crippen molar-refractivity contribution in [2.75, 3.05) is 13.1 Å². The van der Waals surface area contributed by atoms with Crippen molar-refractivity contribution >= 4 is 33.4 Å². The second-order valence-electron chi connectivity index (χ2n) is 7.08. The third-order valence-corrected chi connectivity index (χ3v) is 5.94. The van der Waals surface area contributed by atoms with Crippen molar-refractivity contribution in [1.29, 1.82) is 0 Å². The zero-order valence-corrected chi connectivity index (χ0v) is 16.6. The van der Waals surface area contributed by atoms with E-state index < -0.39 is 17.6 Å². The molecule has 7 nitrogen and oxygen atoms in total. The van der Waals surface area contributed by atoms with E-state index in [2.05, 4.69) is 10.3 Å². The first-order valence-corrected chi connectivity index (χ1v) is 10.2. The number of hydrogen-bond acceptors (Lipinski definition) is 5. The topological polar surface area (TPSA) is 84.3 Å². The van der Waals surface area contributed by atoms with Crippen molar-refractivity contribution in [2.45, 2.75) is 19.5 Å². The molecule has 0 radical (unpaired) electrons. The summed E-state index contributed by atoms with van der Waals surface area (Å²) in [6, 6.07) is 4.97. The molecule has 1 aliphatic heterocycles. The lowest BCUT2D eigenvalue weighted by Crippen LogP contribution is -2.36. The number of hydrogen-bond donors (Lipinski definition) is 1. The van der Waals surface area contributed by atoms with Crippen LogP contribution < -0.4 is 10.9 Å².